The maximum Gasteiger partial charge on any atom is 0.234 e. The van der Waals surface area contributed by atoms with Crippen molar-refractivity contribution in [1.82, 2.24) is 20.0 Å². The van der Waals surface area contributed by atoms with Crippen molar-refractivity contribution in [2.75, 3.05) is 65.5 Å². The summed E-state index contributed by atoms with van der Waals surface area (Å²) in [6, 6.07) is 0.328. The van der Waals surface area contributed by atoms with Gasteiger partial charge in [0.2, 0.25) is 5.91 Å². The summed E-state index contributed by atoms with van der Waals surface area (Å²) < 4.78 is 0. The minimum absolute atomic E-state index is 0.146. The number of hydrogen-bond donors (Lipinski definition) is 2. The SMILES string of the molecule is CCN1CCN(CC(=O)NCCCN2CCCC[C@@H]2CO)CC1. The molecule has 1 atom stereocenters. The van der Waals surface area contributed by atoms with E-state index in [1.54, 1.807) is 0 Å². The summed E-state index contributed by atoms with van der Waals surface area (Å²) in [4.78, 5) is 19.1. The maximum absolute atomic E-state index is 12.0. The van der Waals surface area contributed by atoms with Crippen LogP contribution in [0.25, 0.3) is 0 Å². The molecule has 2 saturated heterocycles. The molecule has 2 aliphatic rings. The van der Waals surface area contributed by atoms with E-state index in [1.165, 1.54) is 12.8 Å². The van der Waals surface area contributed by atoms with Crippen LogP contribution in [0, 0.1) is 0 Å². The molecule has 0 aromatic rings. The second-order valence-electron chi connectivity index (χ2n) is 6.78. The zero-order valence-electron chi connectivity index (χ0n) is 14.7. The zero-order valence-corrected chi connectivity index (χ0v) is 14.7. The van der Waals surface area contributed by atoms with Crippen LogP contribution in [-0.4, -0.2) is 97.3 Å². The normalized spacial score (nSPS) is 24.7. The van der Waals surface area contributed by atoms with Gasteiger partial charge >= 0.3 is 0 Å². The maximum atomic E-state index is 12.0. The number of amides is 1. The van der Waals surface area contributed by atoms with Crippen LogP contribution in [-0.2, 0) is 4.79 Å². The molecule has 0 unspecified atom stereocenters. The third kappa shape index (κ3) is 6.37. The highest BCUT2D eigenvalue weighted by molar-refractivity contribution is 5.77. The van der Waals surface area contributed by atoms with Crippen molar-refractivity contribution in [1.29, 1.82) is 0 Å². The predicted octanol–water partition coefficient (Wildman–Crippen LogP) is -0.0230. The van der Waals surface area contributed by atoms with Gasteiger partial charge in [0.25, 0.3) is 0 Å². The molecule has 6 heteroatoms. The molecule has 6 nitrogen and oxygen atoms in total. The van der Waals surface area contributed by atoms with E-state index in [4.69, 9.17) is 0 Å². The Kier molecular flexibility index (Phi) is 8.30. The van der Waals surface area contributed by atoms with E-state index in [0.29, 0.717) is 12.6 Å². The van der Waals surface area contributed by atoms with Crippen molar-refractivity contribution >= 4 is 5.91 Å². The summed E-state index contributed by atoms with van der Waals surface area (Å²) in [5.41, 5.74) is 0. The topological polar surface area (TPSA) is 59.0 Å². The van der Waals surface area contributed by atoms with Crippen LogP contribution in [0.15, 0.2) is 0 Å². The number of piperazine rings is 1. The zero-order chi connectivity index (χ0) is 16.5. The quantitative estimate of drug-likeness (QED) is 0.614. The first-order valence-electron chi connectivity index (χ1n) is 9.29. The van der Waals surface area contributed by atoms with Gasteiger partial charge in [-0.15, -0.1) is 0 Å². The molecule has 0 aromatic heterocycles. The first kappa shape index (κ1) is 18.6. The first-order valence-corrected chi connectivity index (χ1v) is 9.29. The van der Waals surface area contributed by atoms with Gasteiger partial charge in [-0.3, -0.25) is 14.6 Å². The lowest BCUT2D eigenvalue weighted by Crippen LogP contribution is -2.49. The van der Waals surface area contributed by atoms with E-state index < -0.39 is 0 Å². The lowest BCUT2D eigenvalue weighted by Gasteiger charge is -2.34. The lowest BCUT2D eigenvalue weighted by molar-refractivity contribution is -0.122. The van der Waals surface area contributed by atoms with E-state index in [1.807, 2.05) is 0 Å². The van der Waals surface area contributed by atoms with Crippen LogP contribution < -0.4 is 5.32 Å². The van der Waals surface area contributed by atoms with Crippen LogP contribution >= 0.6 is 0 Å². The monoisotopic (exact) mass is 326 g/mol. The van der Waals surface area contributed by atoms with E-state index in [-0.39, 0.29) is 12.5 Å². The van der Waals surface area contributed by atoms with Crippen molar-refractivity contribution in [3.63, 3.8) is 0 Å². The largest absolute Gasteiger partial charge is 0.395 e. The Bertz CT molecular complexity index is 345. The highest BCUT2D eigenvalue weighted by atomic mass is 16.3. The van der Waals surface area contributed by atoms with Crippen molar-refractivity contribution < 1.29 is 9.90 Å². The van der Waals surface area contributed by atoms with E-state index >= 15 is 0 Å². The smallest absolute Gasteiger partial charge is 0.234 e. The number of likely N-dealkylation sites (N-methyl/N-ethyl adjacent to an activating group) is 1. The molecule has 0 saturated carbocycles. The second kappa shape index (κ2) is 10.2. The standard InChI is InChI=1S/C17H34N4O2/c1-2-19-10-12-20(13-11-19)14-17(23)18-7-5-9-21-8-4-3-6-16(21)15-22/h16,22H,2-15H2,1H3,(H,18,23)/t16-/m1/s1. The molecule has 0 spiro atoms. The van der Waals surface area contributed by atoms with Gasteiger partial charge in [-0.2, -0.15) is 0 Å². The Morgan fingerprint density at radius 3 is 2.57 bits per heavy atom. The molecule has 2 rings (SSSR count). The van der Waals surface area contributed by atoms with Gasteiger partial charge < -0.3 is 15.3 Å². The molecule has 2 aliphatic heterocycles. The third-order valence-electron chi connectivity index (χ3n) is 5.18. The molecular formula is C17H34N4O2. The summed E-state index contributed by atoms with van der Waals surface area (Å²) in [6.45, 7) is 11.0. The fraction of sp³-hybridized carbons (Fsp3) is 0.941. The summed E-state index contributed by atoms with van der Waals surface area (Å²) in [5.74, 6) is 0.146. The van der Waals surface area contributed by atoms with Gasteiger partial charge in [-0.1, -0.05) is 13.3 Å². The first-order chi connectivity index (χ1) is 11.2. The Hall–Kier alpha value is -0.690. The summed E-state index contributed by atoms with van der Waals surface area (Å²) in [6.07, 6.45) is 4.52. The number of hydrogen-bond acceptors (Lipinski definition) is 5. The molecule has 2 fully saturated rings. The average Bonchev–Trinajstić information content (AvgIpc) is 2.59. The average molecular weight is 326 g/mol. The second-order valence-corrected chi connectivity index (χ2v) is 6.78. The van der Waals surface area contributed by atoms with Crippen LogP contribution in [0.4, 0.5) is 0 Å². The lowest BCUT2D eigenvalue weighted by atomic mass is 10.0. The van der Waals surface area contributed by atoms with Gasteiger partial charge in [-0.25, -0.2) is 0 Å². The van der Waals surface area contributed by atoms with Gasteiger partial charge in [0.15, 0.2) is 0 Å². The number of nitrogens with one attached hydrogen (secondary N) is 1. The number of piperidine rings is 1. The number of aliphatic hydroxyl groups excluding tert-OH is 1. The summed E-state index contributed by atoms with van der Waals surface area (Å²) >= 11 is 0. The molecule has 0 aliphatic carbocycles. The van der Waals surface area contributed by atoms with E-state index in [2.05, 4.69) is 26.9 Å². The summed E-state index contributed by atoms with van der Waals surface area (Å²) in [5, 5.41) is 12.4. The van der Waals surface area contributed by atoms with Crippen molar-refractivity contribution in [2.24, 2.45) is 0 Å². The number of likely N-dealkylation sites (tertiary alicyclic amines) is 1. The van der Waals surface area contributed by atoms with Gasteiger partial charge in [0.1, 0.15) is 0 Å². The predicted molar refractivity (Wildman–Crippen MR) is 92.5 cm³/mol. The molecule has 0 aromatic carbocycles. The molecule has 2 N–H and O–H groups in total. The van der Waals surface area contributed by atoms with Crippen LogP contribution in [0.2, 0.25) is 0 Å². The number of rotatable bonds is 8. The minimum atomic E-state index is 0.146. The van der Waals surface area contributed by atoms with E-state index in [9.17, 15) is 9.90 Å². The van der Waals surface area contributed by atoms with Crippen molar-refractivity contribution in [3.05, 3.63) is 0 Å². The Balaban J connectivity index is 1.54. The molecule has 0 radical (unpaired) electrons. The van der Waals surface area contributed by atoms with Gasteiger partial charge in [0, 0.05) is 45.3 Å². The van der Waals surface area contributed by atoms with Crippen LogP contribution in [0.3, 0.4) is 0 Å². The molecule has 1 amide bonds. The third-order valence-corrected chi connectivity index (χ3v) is 5.18. The Morgan fingerprint density at radius 2 is 1.87 bits per heavy atom. The molecule has 23 heavy (non-hydrogen) atoms. The molecular weight excluding hydrogens is 292 g/mol. The van der Waals surface area contributed by atoms with Gasteiger partial charge in [-0.05, 0) is 32.4 Å². The van der Waals surface area contributed by atoms with E-state index in [0.717, 1.165) is 65.2 Å². The minimum Gasteiger partial charge on any atom is -0.395 e. The molecule has 2 heterocycles. The number of aliphatic hydroxyl groups is 1. The number of carbonyl (C=O) groups excluding carboxylic acids is 1. The molecule has 134 valence electrons. The van der Waals surface area contributed by atoms with Crippen molar-refractivity contribution in [2.45, 2.75) is 38.6 Å². The molecule has 0 bridgehead atoms. The number of carbonyl (C=O) groups is 1. The Morgan fingerprint density at radius 1 is 1.13 bits per heavy atom. The number of nitrogens with zero attached hydrogens (tertiary/aromatic N) is 3. The Labute approximate surface area is 140 Å². The fourth-order valence-electron chi connectivity index (χ4n) is 3.59. The highest BCUT2D eigenvalue weighted by Gasteiger charge is 2.21. The van der Waals surface area contributed by atoms with Gasteiger partial charge in [0.05, 0.1) is 13.2 Å². The van der Waals surface area contributed by atoms with Crippen LogP contribution in [0.1, 0.15) is 32.6 Å². The highest BCUT2D eigenvalue weighted by Crippen LogP contribution is 2.16. The van der Waals surface area contributed by atoms with Crippen molar-refractivity contribution in [3.8, 4) is 0 Å². The van der Waals surface area contributed by atoms with Crippen LogP contribution in [0.5, 0.6) is 0 Å². The fourth-order valence-corrected chi connectivity index (χ4v) is 3.59. The summed E-state index contributed by atoms with van der Waals surface area (Å²) in [7, 11) is 0.